The van der Waals surface area contributed by atoms with Crippen LogP contribution in [0.15, 0.2) is 0 Å². The molecule has 88 valence electrons. The van der Waals surface area contributed by atoms with Crippen LogP contribution < -0.4 is 10.6 Å². The first-order chi connectivity index (χ1) is 7.18. The fourth-order valence-electron chi connectivity index (χ4n) is 1.53. The van der Waals surface area contributed by atoms with Gasteiger partial charge in [-0.3, -0.25) is 4.79 Å². The number of morpholine rings is 1. The molecule has 0 saturated carbocycles. The molecule has 0 bridgehead atoms. The average Bonchev–Trinajstić information content (AvgIpc) is 2.18. The van der Waals surface area contributed by atoms with Gasteiger partial charge < -0.3 is 15.4 Å². The van der Waals surface area contributed by atoms with Crippen molar-refractivity contribution in [3.8, 4) is 0 Å². The second kappa shape index (κ2) is 6.80. The summed E-state index contributed by atoms with van der Waals surface area (Å²) in [4.78, 5) is 11.5. The number of hydrogen-bond donors (Lipinski definition) is 2. The smallest absolute Gasteiger partial charge is 0.222 e. The number of amides is 1. The molecule has 0 aromatic heterocycles. The van der Waals surface area contributed by atoms with Crippen molar-refractivity contribution in [2.75, 3.05) is 26.2 Å². The lowest BCUT2D eigenvalue weighted by Crippen LogP contribution is -2.41. The lowest BCUT2D eigenvalue weighted by atomic mass is 10.1. The van der Waals surface area contributed by atoms with Crippen LogP contribution in [0.5, 0.6) is 0 Å². The number of ether oxygens (including phenoxy) is 1. The Morgan fingerprint density at radius 2 is 2.40 bits per heavy atom. The second-order valence-corrected chi connectivity index (χ2v) is 4.43. The number of hydrogen-bond acceptors (Lipinski definition) is 3. The highest BCUT2D eigenvalue weighted by molar-refractivity contribution is 5.76. The maximum Gasteiger partial charge on any atom is 0.222 e. The molecule has 1 unspecified atom stereocenters. The van der Waals surface area contributed by atoms with Gasteiger partial charge in [-0.05, 0) is 12.3 Å². The van der Waals surface area contributed by atoms with Gasteiger partial charge in [-0.25, -0.2) is 0 Å². The molecule has 2 N–H and O–H groups in total. The molecular weight excluding hydrogens is 192 g/mol. The molecule has 1 fully saturated rings. The van der Waals surface area contributed by atoms with E-state index >= 15 is 0 Å². The highest BCUT2D eigenvalue weighted by atomic mass is 16.5. The van der Waals surface area contributed by atoms with Crippen LogP contribution >= 0.6 is 0 Å². The normalized spacial score (nSPS) is 21.7. The van der Waals surface area contributed by atoms with Gasteiger partial charge in [0.25, 0.3) is 0 Å². The summed E-state index contributed by atoms with van der Waals surface area (Å²) in [6, 6.07) is 0. The highest BCUT2D eigenvalue weighted by Crippen LogP contribution is 2.01. The van der Waals surface area contributed by atoms with E-state index in [-0.39, 0.29) is 12.0 Å². The molecule has 4 heteroatoms. The summed E-state index contributed by atoms with van der Waals surface area (Å²) in [5.41, 5.74) is 0. The Morgan fingerprint density at radius 1 is 1.60 bits per heavy atom. The summed E-state index contributed by atoms with van der Waals surface area (Å²) in [6.07, 6.45) is 1.57. The largest absolute Gasteiger partial charge is 0.375 e. The van der Waals surface area contributed by atoms with Crippen molar-refractivity contribution in [3.63, 3.8) is 0 Å². The Kier molecular flexibility index (Phi) is 5.65. The van der Waals surface area contributed by atoms with E-state index in [4.69, 9.17) is 4.74 Å². The third kappa shape index (κ3) is 5.74. The summed E-state index contributed by atoms with van der Waals surface area (Å²) in [5, 5.41) is 6.12. The summed E-state index contributed by atoms with van der Waals surface area (Å²) in [6.45, 7) is 7.48. The van der Waals surface area contributed by atoms with Crippen molar-refractivity contribution in [1.82, 2.24) is 10.6 Å². The molecule has 0 aromatic rings. The second-order valence-electron chi connectivity index (χ2n) is 4.43. The van der Waals surface area contributed by atoms with Crippen LogP contribution in [0.4, 0.5) is 0 Å². The van der Waals surface area contributed by atoms with E-state index in [0.717, 1.165) is 26.1 Å². The Balaban J connectivity index is 2.06. The summed E-state index contributed by atoms with van der Waals surface area (Å²) >= 11 is 0. The lowest BCUT2D eigenvalue weighted by molar-refractivity contribution is -0.124. The van der Waals surface area contributed by atoms with Gasteiger partial charge in [0.1, 0.15) is 0 Å². The molecule has 1 amide bonds. The van der Waals surface area contributed by atoms with Crippen LogP contribution in [0.1, 0.15) is 26.7 Å². The quantitative estimate of drug-likeness (QED) is 0.702. The van der Waals surface area contributed by atoms with Gasteiger partial charge in [-0.2, -0.15) is 0 Å². The predicted molar refractivity (Wildman–Crippen MR) is 59.7 cm³/mol. The zero-order valence-electron chi connectivity index (χ0n) is 9.71. The maximum atomic E-state index is 11.5. The van der Waals surface area contributed by atoms with Gasteiger partial charge >= 0.3 is 0 Å². The minimum absolute atomic E-state index is 0.0535. The monoisotopic (exact) mass is 214 g/mol. The molecule has 0 aromatic carbocycles. The lowest BCUT2D eigenvalue weighted by Gasteiger charge is -2.23. The Hall–Kier alpha value is -0.610. The average molecular weight is 214 g/mol. The van der Waals surface area contributed by atoms with E-state index in [0.29, 0.717) is 18.9 Å². The molecule has 1 aliphatic rings. The molecule has 1 saturated heterocycles. The molecular formula is C11H22N2O2. The molecule has 1 heterocycles. The highest BCUT2D eigenvalue weighted by Gasteiger charge is 2.16. The summed E-state index contributed by atoms with van der Waals surface area (Å²) in [5.74, 6) is 0.738. The predicted octanol–water partition coefficient (Wildman–Crippen LogP) is 0.527. The Bertz CT molecular complexity index is 189. The fourth-order valence-corrected chi connectivity index (χ4v) is 1.53. The van der Waals surface area contributed by atoms with Crippen molar-refractivity contribution in [2.45, 2.75) is 32.8 Å². The van der Waals surface area contributed by atoms with E-state index in [9.17, 15) is 4.79 Å². The molecule has 0 radical (unpaired) electrons. The first-order valence-corrected chi connectivity index (χ1v) is 5.77. The van der Waals surface area contributed by atoms with E-state index in [1.165, 1.54) is 0 Å². The zero-order chi connectivity index (χ0) is 11.1. The van der Waals surface area contributed by atoms with Crippen molar-refractivity contribution < 1.29 is 9.53 Å². The van der Waals surface area contributed by atoms with E-state index in [1.807, 2.05) is 0 Å². The van der Waals surface area contributed by atoms with E-state index < -0.39 is 0 Å². The summed E-state index contributed by atoms with van der Waals surface area (Å²) < 4.78 is 5.45. The SMILES string of the molecule is CC(C)CCNC(=O)CC1CNCCO1. The van der Waals surface area contributed by atoms with Crippen molar-refractivity contribution in [1.29, 1.82) is 0 Å². The van der Waals surface area contributed by atoms with Crippen LogP contribution in [0.3, 0.4) is 0 Å². The molecule has 1 atom stereocenters. The van der Waals surface area contributed by atoms with Crippen LogP contribution in [0.2, 0.25) is 0 Å². The minimum Gasteiger partial charge on any atom is -0.375 e. The Morgan fingerprint density at radius 3 is 3.00 bits per heavy atom. The number of carbonyl (C=O) groups is 1. The van der Waals surface area contributed by atoms with Gasteiger partial charge in [0.15, 0.2) is 0 Å². The minimum atomic E-state index is 0.0535. The first kappa shape index (κ1) is 12.5. The molecule has 0 aliphatic carbocycles. The van der Waals surface area contributed by atoms with Crippen LogP contribution in [-0.4, -0.2) is 38.3 Å². The molecule has 1 aliphatic heterocycles. The number of carbonyl (C=O) groups excluding carboxylic acids is 1. The maximum absolute atomic E-state index is 11.5. The summed E-state index contributed by atoms with van der Waals surface area (Å²) in [7, 11) is 0. The van der Waals surface area contributed by atoms with Gasteiger partial charge in [0.05, 0.1) is 19.1 Å². The molecule has 1 rings (SSSR count). The third-order valence-electron chi connectivity index (χ3n) is 2.46. The first-order valence-electron chi connectivity index (χ1n) is 5.77. The molecule has 4 nitrogen and oxygen atoms in total. The van der Waals surface area contributed by atoms with Crippen LogP contribution in [-0.2, 0) is 9.53 Å². The van der Waals surface area contributed by atoms with Crippen molar-refractivity contribution in [2.24, 2.45) is 5.92 Å². The van der Waals surface area contributed by atoms with Crippen LogP contribution in [0.25, 0.3) is 0 Å². The van der Waals surface area contributed by atoms with Gasteiger partial charge in [0.2, 0.25) is 5.91 Å². The standard InChI is InChI=1S/C11H22N2O2/c1-9(2)3-4-13-11(14)7-10-8-12-5-6-15-10/h9-10,12H,3-8H2,1-2H3,(H,13,14). The number of nitrogens with one attached hydrogen (secondary N) is 2. The third-order valence-corrected chi connectivity index (χ3v) is 2.46. The van der Waals surface area contributed by atoms with Crippen molar-refractivity contribution >= 4 is 5.91 Å². The topological polar surface area (TPSA) is 50.4 Å². The van der Waals surface area contributed by atoms with E-state index in [2.05, 4.69) is 24.5 Å². The van der Waals surface area contributed by atoms with Crippen LogP contribution in [0, 0.1) is 5.92 Å². The molecule has 0 spiro atoms. The van der Waals surface area contributed by atoms with Gasteiger partial charge in [-0.1, -0.05) is 13.8 Å². The number of rotatable bonds is 5. The Labute approximate surface area is 91.8 Å². The zero-order valence-corrected chi connectivity index (χ0v) is 9.71. The van der Waals surface area contributed by atoms with E-state index in [1.54, 1.807) is 0 Å². The van der Waals surface area contributed by atoms with Gasteiger partial charge in [0, 0.05) is 19.6 Å². The van der Waals surface area contributed by atoms with Crippen molar-refractivity contribution in [3.05, 3.63) is 0 Å². The molecule has 15 heavy (non-hydrogen) atoms. The fraction of sp³-hybridized carbons (Fsp3) is 0.909. The van der Waals surface area contributed by atoms with Gasteiger partial charge in [-0.15, -0.1) is 0 Å².